The van der Waals surface area contributed by atoms with Crippen molar-refractivity contribution in [2.45, 2.75) is 44.2 Å². The second-order valence-electron chi connectivity index (χ2n) is 7.08. The van der Waals surface area contributed by atoms with Crippen LogP contribution in [0.4, 0.5) is 4.39 Å². The van der Waals surface area contributed by atoms with Crippen molar-refractivity contribution < 1.29 is 4.39 Å². The minimum Gasteiger partial charge on any atom is -0.307 e. The molecule has 1 heterocycles. The Bertz CT molecular complexity index is 854. The van der Waals surface area contributed by atoms with Gasteiger partial charge in [-0.1, -0.05) is 48.5 Å². The first-order chi connectivity index (χ1) is 12.2. The number of benzene rings is 2. The van der Waals surface area contributed by atoms with E-state index in [-0.39, 0.29) is 0 Å². The van der Waals surface area contributed by atoms with Gasteiger partial charge in [0.05, 0.1) is 0 Å². The third-order valence-electron chi connectivity index (χ3n) is 5.43. The van der Waals surface area contributed by atoms with E-state index in [1.165, 1.54) is 22.4 Å². The van der Waals surface area contributed by atoms with Crippen LogP contribution in [-0.4, -0.2) is 11.0 Å². The van der Waals surface area contributed by atoms with E-state index in [0.717, 1.165) is 24.8 Å². The van der Waals surface area contributed by atoms with Crippen LogP contribution in [0.3, 0.4) is 0 Å². The summed E-state index contributed by atoms with van der Waals surface area (Å²) in [6, 6.07) is 19.2. The zero-order chi connectivity index (χ0) is 17.2. The molecule has 1 aromatic heterocycles. The summed E-state index contributed by atoms with van der Waals surface area (Å²) in [4.78, 5) is 3.80. The molecule has 4 rings (SSSR count). The van der Waals surface area contributed by atoms with Gasteiger partial charge in [-0.05, 0) is 60.1 Å². The smallest absolute Gasteiger partial charge is 0.212 e. The molecule has 1 fully saturated rings. The van der Waals surface area contributed by atoms with Gasteiger partial charge in [-0.15, -0.1) is 0 Å². The lowest BCUT2D eigenvalue weighted by Gasteiger charge is -2.21. The van der Waals surface area contributed by atoms with Gasteiger partial charge in [-0.2, -0.15) is 4.39 Å². The Labute approximate surface area is 148 Å². The Hall–Kier alpha value is -2.26. The van der Waals surface area contributed by atoms with Crippen molar-refractivity contribution in [3.05, 3.63) is 77.9 Å². The molecule has 2 aromatic carbocycles. The summed E-state index contributed by atoms with van der Waals surface area (Å²) in [5.41, 5.74) is 2.51. The molecule has 1 N–H and O–H groups in total. The van der Waals surface area contributed by atoms with E-state index in [9.17, 15) is 4.39 Å². The Kier molecular flexibility index (Phi) is 4.50. The molecule has 0 amide bonds. The van der Waals surface area contributed by atoms with Gasteiger partial charge in [0.1, 0.15) is 0 Å². The van der Waals surface area contributed by atoms with Crippen LogP contribution in [0.15, 0.2) is 60.8 Å². The van der Waals surface area contributed by atoms with E-state index < -0.39 is 5.95 Å². The normalized spacial score (nSPS) is 21.5. The fourth-order valence-electron chi connectivity index (χ4n) is 4.14. The van der Waals surface area contributed by atoms with Gasteiger partial charge in [-0.3, -0.25) is 0 Å². The van der Waals surface area contributed by atoms with Gasteiger partial charge in [0.15, 0.2) is 0 Å². The summed E-state index contributed by atoms with van der Waals surface area (Å²) < 4.78 is 13.0. The van der Waals surface area contributed by atoms with Crippen molar-refractivity contribution in [2.24, 2.45) is 0 Å². The average molecular weight is 334 g/mol. The minimum atomic E-state index is -0.402. The molecular weight excluding hydrogens is 311 g/mol. The van der Waals surface area contributed by atoms with E-state index in [1.807, 2.05) is 6.07 Å². The molecule has 3 unspecified atom stereocenters. The highest BCUT2D eigenvalue weighted by atomic mass is 19.1. The summed E-state index contributed by atoms with van der Waals surface area (Å²) in [6.45, 7) is 2.24. The Balaban J connectivity index is 1.46. The third-order valence-corrected chi connectivity index (χ3v) is 5.43. The summed E-state index contributed by atoms with van der Waals surface area (Å²) >= 11 is 0. The Morgan fingerprint density at radius 1 is 1.04 bits per heavy atom. The van der Waals surface area contributed by atoms with Crippen LogP contribution in [0.2, 0.25) is 0 Å². The van der Waals surface area contributed by atoms with Crippen molar-refractivity contribution >= 4 is 10.8 Å². The van der Waals surface area contributed by atoms with Crippen LogP contribution in [0.1, 0.15) is 49.3 Å². The van der Waals surface area contributed by atoms with Crippen molar-refractivity contribution in [2.75, 3.05) is 0 Å². The van der Waals surface area contributed by atoms with Crippen molar-refractivity contribution in [1.29, 1.82) is 0 Å². The molecule has 1 saturated carbocycles. The predicted octanol–water partition coefficient (Wildman–Crippen LogP) is 5.36. The molecule has 128 valence electrons. The van der Waals surface area contributed by atoms with Gasteiger partial charge in [0.25, 0.3) is 0 Å². The largest absolute Gasteiger partial charge is 0.307 e. The maximum Gasteiger partial charge on any atom is 0.212 e. The number of nitrogens with one attached hydrogen (secondary N) is 1. The number of hydrogen-bond donors (Lipinski definition) is 1. The lowest BCUT2D eigenvalue weighted by atomic mass is 9.98. The molecule has 1 aliphatic rings. The molecule has 1 aliphatic carbocycles. The highest BCUT2D eigenvalue weighted by Gasteiger charge is 2.27. The summed E-state index contributed by atoms with van der Waals surface area (Å²) in [5.74, 6) is 0.0753. The van der Waals surface area contributed by atoms with Crippen LogP contribution in [-0.2, 0) is 0 Å². The summed E-state index contributed by atoms with van der Waals surface area (Å²) in [7, 11) is 0. The standard InChI is InChI=1S/C22H23FN2/c1-15(20-8-4-6-16-5-2-3-7-21(16)20)25-19-11-9-17(13-19)18-10-12-22(23)24-14-18/h2-8,10,12,14-15,17,19,25H,9,11,13H2,1H3. The molecule has 0 radical (unpaired) electrons. The number of nitrogens with zero attached hydrogens (tertiary/aromatic N) is 1. The first kappa shape index (κ1) is 16.2. The predicted molar refractivity (Wildman–Crippen MR) is 100 cm³/mol. The fraction of sp³-hybridized carbons (Fsp3) is 0.318. The lowest BCUT2D eigenvalue weighted by molar-refractivity contribution is 0.458. The second-order valence-corrected chi connectivity index (χ2v) is 7.08. The average Bonchev–Trinajstić information content (AvgIpc) is 3.10. The van der Waals surface area contributed by atoms with E-state index in [0.29, 0.717) is 18.0 Å². The lowest BCUT2D eigenvalue weighted by Crippen LogP contribution is -2.29. The third kappa shape index (κ3) is 3.42. The molecule has 3 heteroatoms. The maximum atomic E-state index is 13.0. The number of pyridine rings is 1. The highest BCUT2D eigenvalue weighted by Crippen LogP contribution is 2.35. The SMILES string of the molecule is CC(NC1CCC(c2ccc(F)nc2)C1)c1cccc2ccccc12. The van der Waals surface area contributed by atoms with Crippen molar-refractivity contribution in [3.63, 3.8) is 0 Å². The number of fused-ring (bicyclic) bond motifs is 1. The Morgan fingerprint density at radius 2 is 1.88 bits per heavy atom. The zero-order valence-corrected chi connectivity index (χ0v) is 14.5. The minimum absolute atomic E-state index is 0.307. The molecular formula is C22H23FN2. The topological polar surface area (TPSA) is 24.9 Å². The number of aromatic nitrogens is 1. The number of rotatable bonds is 4. The van der Waals surface area contributed by atoms with Gasteiger partial charge in [-0.25, -0.2) is 4.98 Å². The molecule has 25 heavy (non-hydrogen) atoms. The van der Waals surface area contributed by atoms with Crippen LogP contribution >= 0.6 is 0 Å². The molecule has 2 nitrogen and oxygen atoms in total. The summed E-state index contributed by atoms with van der Waals surface area (Å²) in [5, 5.41) is 6.41. The first-order valence-electron chi connectivity index (χ1n) is 9.06. The van der Waals surface area contributed by atoms with Crippen molar-refractivity contribution in [3.8, 4) is 0 Å². The first-order valence-corrected chi connectivity index (χ1v) is 9.06. The molecule has 3 atom stereocenters. The number of hydrogen-bond acceptors (Lipinski definition) is 2. The van der Waals surface area contributed by atoms with Crippen LogP contribution in [0.25, 0.3) is 10.8 Å². The van der Waals surface area contributed by atoms with Crippen LogP contribution < -0.4 is 5.32 Å². The zero-order valence-electron chi connectivity index (χ0n) is 14.5. The Morgan fingerprint density at radius 3 is 2.72 bits per heavy atom. The second kappa shape index (κ2) is 6.93. The fourth-order valence-corrected chi connectivity index (χ4v) is 4.14. The van der Waals surface area contributed by atoms with Crippen molar-refractivity contribution in [1.82, 2.24) is 10.3 Å². The van der Waals surface area contributed by atoms with E-state index in [2.05, 4.69) is 59.7 Å². The molecule has 0 bridgehead atoms. The van der Waals surface area contributed by atoms with Crippen LogP contribution in [0, 0.1) is 5.95 Å². The molecule has 0 spiro atoms. The molecule has 0 saturated heterocycles. The quantitative estimate of drug-likeness (QED) is 0.650. The number of halogens is 1. The van der Waals surface area contributed by atoms with Gasteiger partial charge >= 0.3 is 0 Å². The van der Waals surface area contributed by atoms with E-state index in [4.69, 9.17) is 0 Å². The van der Waals surface area contributed by atoms with Gasteiger partial charge < -0.3 is 5.32 Å². The highest BCUT2D eigenvalue weighted by molar-refractivity contribution is 5.86. The van der Waals surface area contributed by atoms with E-state index in [1.54, 1.807) is 6.20 Å². The van der Waals surface area contributed by atoms with Gasteiger partial charge in [0.2, 0.25) is 5.95 Å². The molecule has 3 aromatic rings. The monoisotopic (exact) mass is 334 g/mol. The van der Waals surface area contributed by atoms with Gasteiger partial charge in [0, 0.05) is 18.3 Å². The summed E-state index contributed by atoms with van der Waals surface area (Å²) in [6.07, 6.45) is 5.06. The maximum absolute atomic E-state index is 13.0. The van der Waals surface area contributed by atoms with Crippen LogP contribution in [0.5, 0.6) is 0 Å². The van der Waals surface area contributed by atoms with E-state index >= 15 is 0 Å². The molecule has 0 aliphatic heterocycles.